The zero-order valence-electron chi connectivity index (χ0n) is 15.0. The second-order valence-electron chi connectivity index (χ2n) is 6.21. The van der Waals surface area contributed by atoms with Gasteiger partial charge in [0.2, 0.25) is 10.0 Å². The summed E-state index contributed by atoms with van der Waals surface area (Å²) < 4.78 is 64.6. The molecule has 0 spiro atoms. The van der Waals surface area contributed by atoms with E-state index < -0.39 is 39.1 Å². The van der Waals surface area contributed by atoms with Crippen LogP contribution >= 0.6 is 11.6 Å². The van der Waals surface area contributed by atoms with Crippen molar-refractivity contribution in [3.05, 3.63) is 76.6 Å². The smallest absolute Gasteiger partial charge is 0.322 e. The Bertz CT molecular complexity index is 1190. The van der Waals surface area contributed by atoms with Gasteiger partial charge in [-0.15, -0.1) is 0 Å². The number of nitrogens with one attached hydrogen (secondary N) is 1. The third kappa shape index (κ3) is 4.99. The van der Waals surface area contributed by atoms with Crippen molar-refractivity contribution in [3.8, 4) is 5.69 Å². The van der Waals surface area contributed by atoms with E-state index in [0.717, 1.165) is 6.20 Å². The SMILES string of the molecule is NS(=O)(=O)Cc1ccccc1NC(=O)c1cnn(-c2ccc(Cl)cc2)c1C(F)(F)F. The predicted molar refractivity (Wildman–Crippen MR) is 105 cm³/mol. The molecule has 0 aliphatic heterocycles. The molecule has 158 valence electrons. The second kappa shape index (κ2) is 8.09. The predicted octanol–water partition coefficient (Wildman–Crippen LogP) is 3.59. The lowest BCUT2D eigenvalue weighted by Gasteiger charge is -2.14. The average molecular weight is 459 g/mol. The number of hydrogen-bond acceptors (Lipinski definition) is 4. The van der Waals surface area contributed by atoms with E-state index in [2.05, 4.69) is 10.4 Å². The van der Waals surface area contributed by atoms with Crippen molar-refractivity contribution in [2.45, 2.75) is 11.9 Å². The van der Waals surface area contributed by atoms with Gasteiger partial charge in [-0.25, -0.2) is 18.2 Å². The summed E-state index contributed by atoms with van der Waals surface area (Å²) in [7, 11) is -3.93. The highest BCUT2D eigenvalue weighted by atomic mass is 35.5. The number of primary sulfonamides is 1. The lowest BCUT2D eigenvalue weighted by Crippen LogP contribution is -2.22. The van der Waals surface area contributed by atoms with Crippen LogP contribution < -0.4 is 10.5 Å². The maximum absolute atomic E-state index is 13.7. The summed E-state index contributed by atoms with van der Waals surface area (Å²) >= 11 is 5.77. The van der Waals surface area contributed by atoms with Crippen LogP contribution in [0.25, 0.3) is 5.69 Å². The summed E-state index contributed by atoms with van der Waals surface area (Å²) in [4.78, 5) is 12.6. The number of hydrogen-bond donors (Lipinski definition) is 2. The number of aromatic nitrogens is 2. The van der Waals surface area contributed by atoms with Crippen molar-refractivity contribution in [2.24, 2.45) is 5.14 Å². The molecule has 1 amide bonds. The van der Waals surface area contributed by atoms with Gasteiger partial charge in [-0.1, -0.05) is 29.8 Å². The molecule has 0 saturated heterocycles. The van der Waals surface area contributed by atoms with Gasteiger partial charge in [0.1, 0.15) is 0 Å². The molecule has 3 rings (SSSR count). The van der Waals surface area contributed by atoms with Crippen molar-refractivity contribution >= 4 is 33.2 Å². The molecule has 0 radical (unpaired) electrons. The molecular weight excluding hydrogens is 445 g/mol. The van der Waals surface area contributed by atoms with Gasteiger partial charge >= 0.3 is 6.18 Å². The van der Waals surface area contributed by atoms with Crippen LogP contribution in [0, 0.1) is 0 Å². The Labute approximate surface area is 174 Å². The van der Waals surface area contributed by atoms with Crippen LogP contribution in [-0.2, 0) is 22.0 Å². The first kappa shape index (κ1) is 21.8. The Morgan fingerprint density at radius 2 is 1.77 bits per heavy atom. The molecule has 0 aliphatic rings. The second-order valence-corrected chi connectivity index (χ2v) is 8.26. The van der Waals surface area contributed by atoms with E-state index in [1.54, 1.807) is 0 Å². The van der Waals surface area contributed by atoms with E-state index in [9.17, 15) is 26.4 Å². The van der Waals surface area contributed by atoms with Crippen LogP contribution in [0.4, 0.5) is 18.9 Å². The number of alkyl halides is 3. The number of benzene rings is 2. The van der Waals surface area contributed by atoms with Gasteiger partial charge in [-0.3, -0.25) is 4.79 Å². The fraction of sp³-hybridized carbons (Fsp3) is 0.111. The van der Waals surface area contributed by atoms with Crippen molar-refractivity contribution in [1.82, 2.24) is 9.78 Å². The third-order valence-corrected chi connectivity index (χ3v) is 4.94. The number of para-hydroxylation sites is 1. The molecule has 1 heterocycles. The molecule has 7 nitrogen and oxygen atoms in total. The number of sulfonamides is 1. The first-order valence-electron chi connectivity index (χ1n) is 8.26. The first-order chi connectivity index (χ1) is 14.0. The summed E-state index contributed by atoms with van der Waals surface area (Å²) in [5.41, 5.74) is -1.81. The molecule has 0 atom stereocenters. The zero-order chi connectivity index (χ0) is 22.1. The number of amides is 1. The summed E-state index contributed by atoms with van der Waals surface area (Å²) in [5.74, 6) is -1.70. The number of halogens is 4. The van der Waals surface area contributed by atoms with Crippen molar-refractivity contribution in [1.29, 1.82) is 0 Å². The van der Waals surface area contributed by atoms with Crippen LogP contribution in [-0.4, -0.2) is 24.1 Å². The highest BCUT2D eigenvalue weighted by molar-refractivity contribution is 7.88. The quantitative estimate of drug-likeness (QED) is 0.609. The molecule has 2 aromatic carbocycles. The molecule has 30 heavy (non-hydrogen) atoms. The summed E-state index contributed by atoms with van der Waals surface area (Å²) in [5, 5.41) is 11.4. The molecule has 12 heteroatoms. The normalized spacial score (nSPS) is 12.0. The lowest BCUT2D eigenvalue weighted by atomic mass is 10.1. The molecule has 0 bridgehead atoms. The van der Waals surface area contributed by atoms with Gasteiger partial charge in [0, 0.05) is 10.7 Å². The standard InChI is InChI=1S/C18H14ClF3N4O3S/c19-12-5-7-13(8-6-12)26-16(18(20,21)22)14(9-24-26)17(27)25-15-4-2-1-3-11(15)10-30(23,28)29/h1-9H,10H2,(H,25,27)(H2,23,28,29). The average Bonchev–Trinajstić information content (AvgIpc) is 3.08. The van der Waals surface area contributed by atoms with Crippen molar-refractivity contribution < 1.29 is 26.4 Å². The van der Waals surface area contributed by atoms with E-state index in [4.69, 9.17) is 16.7 Å². The van der Waals surface area contributed by atoms with Gasteiger partial charge < -0.3 is 5.32 Å². The van der Waals surface area contributed by atoms with Gasteiger partial charge in [0.15, 0.2) is 5.69 Å². The van der Waals surface area contributed by atoms with E-state index in [0.29, 0.717) is 9.70 Å². The minimum atomic E-state index is -4.90. The highest BCUT2D eigenvalue weighted by Crippen LogP contribution is 2.34. The van der Waals surface area contributed by atoms with Crippen LogP contribution in [0.3, 0.4) is 0 Å². The minimum absolute atomic E-state index is 0.0175. The Morgan fingerprint density at radius 1 is 1.13 bits per heavy atom. The third-order valence-electron chi connectivity index (χ3n) is 3.98. The van der Waals surface area contributed by atoms with Crippen LogP contribution in [0.15, 0.2) is 54.7 Å². The van der Waals surface area contributed by atoms with Gasteiger partial charge in [0.25, 0.3) is 5.91 Å². The molecular formula is C18H14ClF3N4O3S. The van der Waals surface area contributed by atoms with Crippen LogP contribution in [0.5, 0.6) is 0 Å². The molecule has 0 fully saturated rings. The first-order valence-corrected chi connectivity index (χ1v) is 10.4. The van der Waals surface area contributed by atoms with Gasteiger partial charge in [-0.2, -0.15) is 18.3 Å². The molecule has 0 aliphatic carbocycles. The molecule has 0 saturated carbocycles. The molecule has 3 aromatic rings. The lowest BCUT2D eigenvalue weighted by molar-refractivity contribution is -0.143. The molecule has 1 aromatic heterocycles. The highest BCUT2D eigenvalue weighted by Gasteiger charge is 2.40. The topological polar surface area (TPSA) is 107 Å². The van der Waals surface area contributed by atoms with Crippen LogP contribution in [0.1, 0.15) is 21.6 Å². The number of nitrogens with two attached hydrogens (primary N) is 1. The fourth-order valence-electron chi connectivity index (χ4n) is 2.74. The number of nitrogens with zero attached hydrogens (tertiary/aromatic N) is 2. The Hall–Kier alpha value is -2.89. The Balaban J connectivity index is 2.01. The maximum atomic E-state index is 13.7. The monoisotopic (exact) mass is 458 g/mol. The molecule has 3 N–H and O–H groups in total. The van der Waals surface area contributed by atoms with Crippen molar-refractivity contribution in [2.75, 3.05) is 5.32 Å². The Morgan fingerprint density at radius 3 is 2.37 bits per heavy atom. The summed E-state index contributed by atoms with van der Waals surface area (Å²) in [6, 6.07) is 11.2. The van der Waals surface area contributed by atoms with E-state index in [1.807, 2.05) is 0 Å². The van der Waals surface area contributed by atoms with E-state index in [-0.39, 0.29) is 16.9 Å². The van der Waals surface area contributed by atoms with Gasteiger partial charge in [0.05, 0.1) is 23.2 Å². The summed E-state index contributed by atoms with van der Waals surface area (Å²) in [6.45, 7) is 0. The van der Waals surface area contributed by atoms with E-state index in [1.165, 1.54) is 48.5 Å². The number of anilines is 1. The molecule has 0 unspecified atom stereocenters. The van der Waals surface area contributed by atoms with E-state index >= 15 is 0 Å². The minimum Gasteiger partial charge on any atom is -0.322 e. The van der Waals surface area contributed by atoms with Crippen LogP contribution in [0.2, 0.25) is 5.02 Å². The summed E-state index contributed by atoms with van der Waals surface area (Å²) in [6.07, 6.45) is -4.11. The maximum Gasteiger partial charge on any atom is 0.434 e. The largest absolute Gasteiger partial charge is 0.434 e. The number of carbonyl (C=O) groups is 1. The van der Waals surface area contributed by atoms with Gasteiger partial charge in [-0.05, 0) is 35.9 Å². The zero-order valence-corrected chi connectivity index (χ0v) is 16.6. The number of carbonyl (C=O) groups excluding carboxylic acids is 1. The fourth-order valence-corrected chi connectivity index (χ4v) is 3.55. The number of rotatable bonds is 5. The van der Waals surface area contributed by atoms with Crippen molar-refractivity contribution in [3.63, 3.8) is 0 Å². The Kier molecular flexibility index (Phi) is 5.88.